The van der Waals surface area contributed by atoms with Crippen LogP contribution in [0.2, 0.25) is 0 Å². The molecule has 178 valence electrons. The van der Waals surface area contributed by atoms with Crippen LogP contribution in [0.5, 0.6) is 0 Å². The van der Waals surface area contributed by atoms with Crippen LogP contribution in [0, 0.1) is 23.2 Å². The van der Waals surface area contributed by atoms with Crippen molar-refractivity contribution in [3.8, 4) is 0 Å². The summed E-state index contributed by atoms with van der Waals surface area (Å²) < 4.78 is 18.7. The molecule has 7 atom stereocenters. The first-order valence-electron chi connectivity index (χ1n) is 12.6. The average Bonchev–Trinajstić information content (AvgIpc) is 3.42. The van der Waals surface area contributed by atoms with Crippen molar-refractivity contribution < 1.29 is 19.0 Å². The second-order valence-electron chi connectivity index (χ2n) is 10.1. The minimum Gasteiger partial charge on any atom is -0.462 e. The zero-order valence-electron chi connectivity index (χ0n) is 21.0. The Morgan fingerprint density at radius 3 is 2.39 bits per heavy atom. The van der Waals surface area contributed by atoms with Crippen molar-refractivity contribution in [1.29, 1.82) is 0 Å². The predicted molar refractivity (Wildman–Crippen MR) is 126 cm³/mol. The molecular formula is C27H46O4. The molecular weight excluding hydrogens is 388 g/mol. The SMILES string of the molecule is CCCCOC1C=C=C(C)CC(C)C(OCCCC)C2CC2(C)C(CC)OC(=O)C1C. The molecule has 4 heteroatoms. The first-order valence-corrected chi connectivity index (χ1v) is 12.6. The van der Waals surface area contributed by atoms with Crippen molar-refractivity contribution in [3.63, 3.8) is 0 Å². The lowest BCUT2D eigenvalue weighted by Crippen LogP contribution is -2.36. The van der Waals surface area contributed by atoms with Crippen LogP contribution in [0.4, 0.5) is 0 Å². The lowest BCUT2D eigenvalue weighted by atomic mass is 9.87. The Bertz CT molecular complexity index is 635. The Kier molecular flexibility index (Phi) is 10.3. The van der Waals surface area contributed by atoms with Crippen LogP contribution in [0.3, 0.4) is 0 Å². The molecule has 0 bridgehead atoms. The third-order valence-corrected chi connectivity index (χ3v) is 7.27. The molecule has 1 aliphatic carbocycles. The third-order valence-electron chi connectivity index (χ3n) is 7.27. The maximum absolute atomic E-state index is 13.1. The standard InChI is InChI=1S/C27H46O4/c1-8-11-15-29-23-14-13-19(4)17-20(5)25(30-16-12-9-2)22-18-27(22,7)24(10-3)31-26(28)21(23)6/h14,20-25H,8-12,15-18H2,1-7H3. The smallest absolute Gasteiger partial charge is 0.311 e. The highest BCUT2D eigenvalue weighted by Gasteiger charge is 2.60. The van der Waals surface area contributed by atoms with Gasteiger partial charge in [0.05, 0.1) is 18.1 Å². The van der Waals surface area contributed by atoms with E-state index < -0.39 is 0 Å². The lowest BCUT2D eigenvalue weighted by Gasteiger charge is -2.31. The topological polar surface area (TPSA) is 44.8 Å². The number of fused-ring (bicyclic) bond motifs is 1. The van der Waals surface area contributed by atoms with E-state index in [1.807, 2.05) is 13.0 Å². The Morgan fingerprint density at radius 2 is 1.77 bits per heavy atom. The van der Waals surface area contributed by atoms with Gasteiger partial charge in [0.2, 0.25) is 0 Å². The minimum atomic E-state index is -0.346. The molecule has 1 aliphatic heterocycles. The van der Waals surface area contributed by atoms with Gasteiger partial charge in [-0.15, -0.1) is 5.73 Å². The molecule has 31 heavy (non-hydrogen) atoms. The number of carbonyl (C=O) groups excluding carboxylic acids is 1. The van der Waals surface area contributed by atoms with Crippen LogP contribution in [0.1, 0.15) is 93.4 Å². The lowest BCUT2D eigenvalue weighted by molar-refractivity contribution is -0.162. The highest BCUT2D eigenvalue weighted by atomic mass is 16.6. The summed E-state index contributed by atoms with van der Waals surface area (Å²) in [6.07, 6.45) is 8.86. The number of rotatable bonds is 9. The number of ether oxygens (including phenoxy) is 3. The van der Waals surface area contributed by atoms with Gasteiger partial charge in [0, 0.05) is 18.6 Å². The van der Waals surface area contributed by atoms with E-state index in [4.69, 9.17) is 14.2 Å². The van der Waals surface area contributed by atoms with E-state index in [1.54, 1.807) is 0 Å². The normalized spacial score (nSPS) is 36.5. The third kappa shape index (κ3) is 6.94. The van der Waals surface area contributed by atoms with Gasteiger partial charge in [0.15, 0.2) is 0 Å². The van der Waals surface area contributed by atoms with Crippen LogP contribution in [-0.2, 0) is 19.0 Å². The van der Waals surface area contributed by atoms with Gasteiger partial charge >= 0.3 is 5.97 Å². The highest BCUT2D eigenvalue weighted by molar-refractivity contribution is 5.73. The van der Waals surface area contributed by atoms with Gasteiger partial charge in [0.25, 0.3) is 0 Å². The monoisotopic (exact) mass is 434 g/mol. The molecule has 0 N–H and O–H groups in total. The van der Waals surface area contributed by atoms with E-state index in [9.17, 15) is 4.79 Å². The molecule has 7 unspecified atom stereocenters. The molecule has 0 aromatic heterocycles. The summed E-state index contributed by atoms with van der Waals surface area (Å²) in [5, 5.41) is 0. The zero-order valence-corrected chi connectivity index (χ0v) is 21.0. The van der Waals surface area contributed by atoms with Gasteiger partial charge in [0.1, 0.15) is 6.10 Å². The van der Waals surface area contributed by atoms with Gasteiger partial charge in [-0.2, -0.15) is 0 Å². The van der Waals surface area contributed by atoms with Crippen molar-refractivity contribution in [2.24, 2.45) is 23.2 Å². The number of cyclic esters (lactones) is 1. The molecule has 0 saturated heterocycles. The van der Waals surface area contributed by atoms with E-state index in [0.29, 0.717) is 18.4 Å². The summed E-state index contributed by atoms with van der Waals surface area (Å²) >= 11 is 0. The summed E-state index contributed by atoms with van der Waals surface area (Å²) in [5.74, 6) is 0.324. The first kappa shape index (κ1) is 26.2. The van der Waals surface area contributed by atoms with Crippen LogP contribution in [0.25, 0.3) is 0 Å². The number of carbonyl (C=O) groups is 1. The maximum Gasteiger partial charge on any atom is 0.311 e. The number of unbranched alkanes of at least 4 members (excludes halogenated alkanes) is 2. The quantitative estimate of drug-likeness (QED) is 0.237. The summed E-state index contributed by atoms with van der Waals surface area (Å²) in [4.78, 5) is 13.1. The van der Waals surface area contributed by atoms with Gasteiger partial charge in [-0.3, -0.25) is 4.79 Å². The van der Waals surface area contributed by atoms with Crippen molar-refractivity contribution in [1.82, 2.24) is 0 Å². The molecule has 2 aliphatic rings. The van der Waals surface area contributed by atoms with Crippen LogP contribution >= 0.6 is 0 Å². The molecule has 1 fully saturated rings. The molecule has 1 heterocycles. The maximum atomic E-state index is 13.1. The Hall–Kier alpha value is -1.09. The van der Waals surface area contributed by atoms with Gasteiger partial charge in [-0.1, -0.05) is 47.5 Å². The Balaban J connectivity index is 2.31. The van der Waals surface area contributed by atoms with E-state index in [1.165, 1.54) is 5.57 Å². The fourth-order valence-corrected chi connectivity index (χ4v) is 4.97. The summed E-state index contributed by atoms with van der Waals surface area (Å²) in [6, 6.07) is 0. The fraction of sp³-hybridized carbons (Fsp3) is 0.852. The van der Waals surface area contributed by atoms with Crippen molar-refractivity contribution in [3.05, 3.63) is 17.4 Å². The Morgan fingerprint density at radius 1 is 1.13 bits per heavy atom. The zero-order chi connectivity index (χ0) is 23.0. The minimum absolute atomic E-state index is 0.00701. The fourth-order valence-electron chi connectivity index (χ4n) is 4.97. The highest BCUT2D eigenvalue weighted by Crippen LogP contribution is 2.60. The second kappa shape index (κ2) is 12.2. The van der Waals surface area contributed by atoms with Gasteiger partial charge in [-0.05, 0) is 69.4 Å². The van der Waals surface area contributed by atoms with E-state index in [2.05, 4.69) is 47.3 Å². The van der Waals surface area contributed by atoms with E-state index in [-0.39, 0.29) is 35.6 Å². The molecule has 0 aromatic carbocycles. The number of hydrogen-bond donors (Lipinski definition) is 0. The molecule has 4 nitrogen and oxygen atoms in total. The molecule has 1 saturated carbocycles. The summed E-state index contributed by atoms with van der Waals surface area (Å²) in [6.45, 7) is 16.5. The van der Waals surface area contributed by atoms with E-state index in [0.717, 1.165) is 51.6 Å². The van der Waals surface area contributed by atoms with E-state index >= 15 is 0 Å². The summed E-state index contributed by atoms with van der Waals surface area (Å²) in [7, 11) is 0. The molecule has 0 aromatic rings. The van der Waals surface area contributed by atoms with Gasteiger partial charge in [-0.25, -0.2) is 0 Å². The number of hydrogen-bond acceptors (Lipinski definition) is 4. The van der Waals surface area contributed by atoms with Crippen molar-refractivity contribution in [2.45, 2.75) is 112 Å². The predicted octanol–water partition coefficient (Wildman–Crippen LogP) is 6.48. The van der Waals surface area contributed by atoms with Crippen molar-refractivity contribution in [2.75, 3.05) is 13.2 Å². The van der Waals surface area contributed by atoms with Crippen molar-refractivity contribution >= 4 is 5.97 Å². The summed E-state index contributed by atoms with van der Waals surface area (Å²) in [5.41, 5.74) is 4.62. The molecule has 0 spiro atoms. The van der Waals surface area contributed by atoms with Crippen LogP contribution in [-0.4, -0.2) is 37.5 Å². The number of esters is 1. The molecule has 0 radical (unpaired) electrons. The second-order valence-corrected chi connectivity index (χ2v) is 10.1. The van der Waals surface area contributed by atoms with Crippen LogP contribution < -0.4 is 0 Å². The van der Waals surface area contributed by atoms with Crippen LogP contribution in [0.15, 0.2) is 17.4 Å². The molecule has 0 amide bonds. The Labute approximate surface area is 190 Å². The van der Waals surface area contributed by atoms with Gasteiger partial charge < -0.3 is 14.2 Å². The average molecular weight is 435 g/mol. The largest absolute Gasteiger partial charge is 0.462 e. The molecule has 2 rings (SSSR count). The first-order chi connectivity index (χ1) is 14.8.